The summed E-state index contributed by atoms with van der Waals surface area (Å²) in [6.45, 7) is 1.87. The van der Waals surface area contributed by atoms with Crippen LogP contribution in [0.2, 0.25) is 0 Å². The summed E-state index contributed by atoms with van der Waals surface area (Å²) >= 11 is 1.20. The molecule has 0 unspecified atom stereocenters. The van der Waals surface area contributed by atoms with Crippen LogP contribution < -0.4 is 0 Å². The Morgan fingerprint density at radius 3 is 2.87 bits per heavy atom. The molecule has 2 rings (SSSR count). The molecule has 0 atom stereocenters. The molecule has 0 aromatic carbocycles. The predicted octanol–water partition coefficient (Wildman–Crippen LogP) is 1.87. The lowest BCUT2D eigenvalue weighted by atomic mass is 10.5. The van der Waals surface area contributed by atoms with Crippen molar-refractivity contribution in [1.82, 2.24) is 19.9 Å². The summed E-state index contributed by atoms with van der Waals surface area (Å²) in [4.78, 5) is 15.5. The van der Waals surface area contributed by atoms with E-state index in [9.17, 15) is 4.39 Å². The highest BCUT2D eigenvalue weighted by Crippen LogP contribution is 2.21. The Labute approximate surface area is 90.0 Å². The molecule has 2 heterocycles. The fraction of sp³-hybridized carbons (Fsp3) is 0.111. The van der Waals surface area contributed by atoms with Crippen molar-refractivity contribution in [2.45, 2.75) is 17.1 Å². The fourth-order valence-electron chi connectivity index (χ4n) is 0.942. The van der Waals surface area contributed by atoms with Crippen molar-refractivity contribution < 1.29 is 4.39 Å². The van der Waals surface area contributed by atoms with Gasteiger partial charge in [0.15, 0.2) is 5.16 Å². The van der Waals surface area contributed by atoms with Crippen LogP contribution in [0.4, 0.5) is 4.39 Å². The van der Waals surface area contributed by atoms with Crippen molar-refractivity contribution in [2.24, 2.45) is 0 Å². The minimum absolute atomic E-state index is 0.494. The molecule has 0 saturated carbocycles. The molecule has 2 aromatic heterocycles. The van der Waals surface area contributed by atoms with Gasteiger partial charge in [0.1, 0.15) is 11.4 Å². The third-order valence-corrected chi connectivity index (χ3v) is 2.39. The van der Waals surface area contributed by atoms with Gasteiger partial charge in [-0.15, -0.1) is 0 Å². The molecular weight excluding hydrogens is 215 g/mol. The molecule has 0 spiro atoms. The summed E-state index contributed by atoms with van der Waals surface area (Å²) in [6, 6.07) is 3.04. The highest BCUT2D eigenvalue weighted by Gasteiger charge is 2.03. The van der Waals surface area contributed by atoms with Crippen molar-refractivity contribution in [3.05, 3.63) is 36.3 Å². The van der Waals surface area contributed by atoms with E-state index in [1.165, 1.54) is 24.2 Å². The van der Waals surface area contributed by atoms with Gasteiger partial charge in [-0.25, -0.2) is 19.9 Å². The smallest absolute Gasteiger partial charge is 0.217 e. The SMILES string of the molecule is Cc1ccnc(Sc2cc(F)ncn2)n1. The molecule has 76 valence electrons. The molecule has 0 amide bonds. The second kappa shape index (κ2) is 4.31. The van der Waals surface area contributed by atoms with E-state index in [0.29, 0.717) is 10.2 Å². The summed E-state index contributed by atoms with van der Waals surface area (Å²) in [6.07, 6.45) is 2.83. The van der Waals surface area contributed by atoms with Crippen LogP contribution in [0.15, 0.2) is 34.8 Å². The van der Waals surface area contributed by atoms with Crippen LogP contribution in [0.1, 0.15) is 5.69 Å². The van der Waals surface area contributed by atoms with Gasteiger partial charge in [0.05, 0.1) is 0 Å². The average Bonchev–Trinajstić information content (AvgIpc) is 2.17. The van der Waals surface area contributed by atoms with Crippen LogP contribution in [0.3, 0.4) is 0 Å². The number of aromatic nitrogens is 4. The van der Waals surface area contributed by atoms with Gasteiger partial charge < -0.3 is 0 Å². The maximum Gasteiger partial charge on any atom is 0.217 e. The monoisotopic (exact) mass is 222 g/mol. The van der Waals surface area contributed by atoms with Gasteiger partial charge in [-0.2, -0.15) is 4.39 Å². The van der Waals surface area contributed by atoms with Gasteiger partial charge in [0.25, 0.3) is 0 Å². The molecule has 4 nitrogen and oxygen atoms in total. The molecule has 0 bridgehead atoms. The van der Waals surface area contributed by atoms with Gasteiger partial charge in [-0.05, 0) is 24.8 Å². The van der Waals surface area contributed by atoms with Crippen molar-refractivity contribution in [1.29, 1.82) is 0 Å². The van der Waals surface area contributed by atoms with Crippen molar-refractivity contribution in [2.75, 3.05) is 0 Å². The minimum atomic E-state index is -0.555. The maximum atomic E-state index is 12.7. The van der Waals surface area contributed by atoms with Crippen LogP contribution in [0.25, 0.3) is 0 Å². The van der Waals surface area contributed by atoms with Crippen LogP contribution in [0, 0.1) is 12.9 Å². The van der Waals surface area contributed by atoms with Gasteiger partial charge in [-0.1, -0.05) is 0 Å². The largest absolute Gasteiger partial charge is 0.231 e. The zero-order valence-electron chi connectivity index (χ0n) is 7.88. The van der Waals surface area contributed by atoms with Crippen LogP contribution in [-0.4, -0.2) is 19.9 Å². The maximum absolute atomic E-state index is 12.7. The molecule has 0 aliphatic carbocycles. The van der Waals surface area contributed by atoms with Crippen molar-refractivity contribution >= 4 is 11.8 Å². The topological polar surface area (TPSA) is 51.6 Å². The number of rotatable bonds is 2. The predicted molar refractivity (Wildman–Crippen MR) is 52.9 cm³/mol. The fourth-order valence-corrected chi connectivity index (χ4v) is 1.69. The number of hydrogen-bond donors (Lipinski definition) is 0. The third-order valence-electron chi connectivity index (χ3n) is 1.58. The molecule has 0 fully saturated rings. The van der Waals surface area contributed by atoms with Crippen LogP contribution in [-0.2, 0) is 0 Å². The van der Waals surface area contributed by atoms with E-state index in [2.05, 4.69) is 19.9 Å². The Bertz CT molecular complexity index is 434. The van der Waals surface area contributed by atoms with Crippen LogP contribution in [0.5, 0.6) is 0 Å². The minimum Gasteiger partial charge on any atom is -0.231 e. The van der Waals surface area contributed by atoms with E-state index in [-0.39, 0.29) is 0 Å². The molecule has 0 saturated heterocycles. The van der Waals surface area contributed by atoms with E-state index >= 15 is 0 Å². The number of nitrogens with zero attached hydrogens (tertiary/aromatic N) is 4. The first-order valence-corrected chi connectivity index (χ1v) is 5.01. The van der Waals surface area contributed by atoms with E-state index in [1.807, 2.05) is 6.92 Å². The van der Waals surface area contributed by atoms with E-state index in [0.717, 1.165) is 5.69 Å². The zero-order chi connectivity index (χ0) is 10.7. The lowest BCUT2D eigenvalue weighted by Gasteiger charge is -1.99. The first-order chi connectivity index (χ1) is 7.24. The zero-order valence-corrected chi connectivity index (χ0v) is 8.70. The van der Waals surface area contributed by atoms with E-state index in [4.69, 9.17) is 0 Å². The Kier molecular flexibility index (Phi) is 2.86. The Balaban J connectivity index is 2.22. The standard InChI is InChI=1S/C9H7FN4S/c1-6-2-3-11-9(14-6)15-8-4-7(10)12-5-13-8/h2-5H,1H3. The quantitative estimate of drug-likeness (QED) is 0.573. The number of hydrogen-bond acceptors (Lipinski definition) is 5. The summed E-state index contributed by atoms with van der Waals surface area (Å²) in [7, 11) is 0. The van der Waals surface area contributed by atoms with E-state index < -0.39 is 5.95 Å². The molecule has 0 N–H and O–H groups in total. The van der Waals surface area contributed by atoms with Gasteiger partial charge in [-0.3, -0.25) is 0 Å². The summed E-state index contributed by atoms with van der Waals surface area (Å²) in [5, 5.41) is 1.04. The summed E-state index contributed by atoms with van der Waals surface area (Å²) < 4.78 is 12.7. The normalized spacial score (nSPS) is 10.3. The first-order valence-electron chi connectivity index (χ1n) is 4.19. The van der Waals surface area contributed by atoms with Crippen molar-refractivity contribution in [3.8, 4) is 0 Å². The third kappa shape index (κ3) is 2.69. The number of halogens is 1. The lowest BCUT2D eigenvalue weighted by molar-refractivity contribution is 0.572. The Morgan fingerprint density at radius 2 is 2.13 bits per heavy atom. The molecule has 2 aromatic rings. The van der Waals surface area contributed by atoms with Gasteiger partial charge in [0.2, 0.25) is 5.95 Å². The molecule has 6 heteroatoms. The van der Waals surface area contributed by atoms with E-state index in [1.54, 1.807) is 12.3 Å². The Morgan fingerprint density at radius 1 is 1.27 bits per heavy atom. The molecule has 0 aliphatic heterocycles. The number of aryl methyl sites for hydroxylation is 1. The molecule has 0 aliphatic rings. The summed E-state index contributed by atoms with van der Waals surface area (Å²) in [5.74, 6) is -0.555. The first kappa shape index (κ1) is 9.97. The second-order valence-corrected chi connectivity index (χ2v) is 3.75. The highest BCUT2D eigenvalue weighted by atomic mass is 32.2. The van der Waals surface area contributed by atoms with Gasteiger partial charge >= 0.3 is 0 Å². The van der Waals surface area contributed by atoms with Crippen LogP contribution >= 0.6 is 11.8 Å². The second-order valence-electron chi connectivity index (χ2n) is 2.76. The highest BCUT2D eigenvalue weighted by molar-refractivity contribution is 7.99. The molecular formula is C9H7FN4S. The van der Waals surface area contributed by atoms with Gasteiger partial charge in [0, 0.05) is 18.0 Å². The van der Waals surface area contributed by atoms with Crippen molar-refractivity contribution in [3.63, 3.8) is 0 Å². The average molecular weight is 222 g/mol. The molecule has 0 radical (unpaired) electrons. The summed E-state index contributed by atoms with van der Waals surface area (Å²) in [5.41, 5.74) is 0.863. The lowest BCUT2D eigenvalue weighted by Crippen LogP contribution is -1.91. The Hall–Kier alpha value is -1.56. The molecule has 15 heavy (non-hydrogen) atoms.